The molecule has 2 aromatic rings. The van der Waals surface area contributed by atoms with Crippen LogP contribution in [0.25, 0.3) is 0 Å². The molecule has 0 saturated carbocycles. The molecular formula is C32H47N3O4. The van der Waals surface area contributed by atoms with Gasteiger partial charge in [-0.2, -0.15) is 0 Å². The summed E-state index contributed by atoms with van der Waals surface area (Å²) in [6, 6.07) is 13.5. The molecule has 2 amide bonds. The molecule has 214 valence electrons. The molecule has 1 aliphatic rings. The van der Waals surface area contributed by atoms with Crippen molar-refractivity contribution in [3.05, 3.63) is 59.2 Å². The molecular weight excluding hydrogens is 490 g/mol. The number of nitrogens with zero attached hydrogens (tertiary/aromatic N) is 2. The molecule has 0 atom stereocenters. The van der Waals surface area contributed by atoms with Gasteiger partial charge >= 0.3 is 0 Å². The molecule has 0 aliphatic carbocycles. The first kappa shape index (κ1) is 30.6. The summed E-state index contributed by atoms with van der Waals surface area (Å²) >= 11 is 0. The number of hydrogen-bond donors (Lipinski definition) is 1. The third-order valence-corrected chi connectivity index (χ3v) is 7.19. The van der Waals surface area contributed by atoms with Gasteiger partial charge in [-0.1, -0.05) is 45.2 Å². The van der Waals surface area contributed by atoms with Crippen LogP contribution in [-0.4, -0.2) is 56.7 Å². The van der Waals surface area contributed by atoms with Gasteiger partial charge in [0, 0.05) is 44.9 Å². The highest BCUT2D eigenvalue weighted by Gasteiger charge is 2.20. The van der Waals surface area contributed by atoms with E-state index in [9.17, 15) is 9.59 Å². The fourth-order valence-electron chi connectivity index (χ4n) is 4.92. The number of hydrogen-bond acceptors (Lipinski definition) is 5. The van der Waals surface area contributed by atoms with Crippen molar-refractivity contribution in [3.63, 3.8) is 0 Å². The van der Waals surface area contributed by atoms with E-state index >= 15 is 0 Å². The van der Waals surface area contributed by atoms with Gasteiger partial charge < -0.3 is 19.7 Å². The maximum Gasteiger partial charge on any atom is 0.251 e. The summed E-state index contributed by atoms with van der Waals surface area (Å²) in [5.74, 6) is 1.30. The summed E-state index contributed by atoms with van der Waals surface area (Å²) in [7, 11) is 1.64. The van der Waals surface area contributed by atoms with Gasteiger partial charge in [0.25, 0.3) is 5.91 Å². The molecule has 1 aliphatic heterocycles. The van der Waals surface area contributed by atoms with Crippen LogP contribution in [0.1, 0.15) is 80.8 Å². The lowest BCUT2D eigenvalue weighted by Gasteiger charge is -2.29. The van der Waals surface area contributed by atoms with E-state index in [0.29, 0.717) is 37.8 Å². The van der Waals surface area contributed by atoms with E-state index in [1.54, 1.807) is 14.0 Å². The molecule has 3 rings (SSSR count). The monoisotopic (exact) mass is 537 g/mol. The van der Waals surface area contributed by atoms with Crippen molar-refractivity contribution in [2.24, 2.45) is 5.92 Å². The van der Waals surface area contributed by atoms with E-state index in [2.05, 4.69) is 24.1 Å². The standard InChI is InChI=1S/C32H47N3O4/c1-25(2)15-18-34-16-8-6-5-7-9-17-35(26(3)36)31-14-13-28(22-29(31)24-34)32(37)33-23-27-11-10-12-30(21-27)39-20-19-38-4/h10-14,21-22,25H,5-9,15-20,23-24H2,1-4H3,(H,33,37). The SMILES string of the molecule is COCCOc1cccc(CNC(=O)c2ccc3c(c2)CN(CCC(C)C)CCCCCCCN3C(C)=O)c1. The van der Waals surface area contributed by atoms with Crippen LogP contribution in [0.15, 0.2) is 42.5 Å². The van der Waals surface area contributed by atoms with E-state index in [-0.39, 0.29) is 11.8 Å². The Morgan fingerprint density at radius 2 is 1.74 bits per heavy atom. The van der Waals surface area contributed by atoms with Gasteiger partial charge in [0.2, 0.25) is 5.91 Å². The average molecular weight is 538 g/mol. The van der Waals surface area contributed by atoms with Gasteiger partial charge in [0.05, 0.1) is 6.61 Å². The normalized spacial score (nSPS) is 15.3. The summed E-state index contributed by atoms with van der Waals surface area (Å²) in [4.78, 5) is 30.3. The highest BCUT2D eigenvalue weighted by Crippen LogP contribution is 2.26. The Hall–Kier alpha value is -2.90. The number of methoxy groups -OCH3 is 1. The molecule has 1 N–H and O–H groups in total. The predicted octanol–water partition coefficient (Wildman–Crippen LogP) is 5.81. The van der Waals surface area contributed by atoms with Crippen molar-refractivity contribution < 1.29 is 19.1 Å². The number of benzene rings is 2. The molecule has 0 spiro atoms. The summed E-state index contributed by atoms with van der Waals surface area (Å²) in [5, 5.41) is 3.06. The van der Waals surface area contributed by atoms with Crippen molar-refractivity contribution in [1.29, 1.82) is 0 Å². The van der Waals surface area contributed by atoms with Crippen LogP contribution >= 0.6 is 0 Å². The minimum atomic E-state index is -0.127. The Bertz CT molecular complexity index is 1060. The van der Waals surface area contributed by atoms with E-state index in [0.717, 1.165) is 61.5 Å². The first-order valence-corrected chi connectivity index (χ1v) is 14.5. The Morgan fingerprint density at radius 1 is 0.974 bits per heavy atom. The van der Waals surface area contributed by atoms with Crippen LogP contribution in [0.3, 0.4) is 0 Å². The Morgan fingerprint density at radius 3 is 2.49 bits per heavy atom. The minimum absolute atomic E-state index is 0.0480. The fraction of sp³-hybridized carbons (Fsp3) is 0.562. The van der Waals surface area contributed by atoms with Crippen LogP contribution < -0.4 is 15.0 Å². The number of ether oxygens (including phenoxy) is 2. The quantitative estimate of drug-likeness (QED) is 0.388. The van der Waals surface area contributed by atoms with Crippen molar-refractivity contribution in [3.8, 4) is 5.75 Å². The molecule has 0 unspecified atom stereocenters. The highest BCUT2D eigenvalue weighted by molar-refractivity contribution is 5.97. The Labute approximate surface area is 234 Å². The summed E-state index contributed by atoms with van der Waals surface area (Å²) in [6.07, 6.45) is 6.85. The van der Waals surface area contributed by atoms with Gasteiger partial charge in [-0.25, -0.2) is 0 Å². The average Bonchev–Trinajstić information content (AvgIpc) is 2.91. The number of amides is 2. The van der Waals surface area contributed by atoms with Gasteiger partial charge in [0.15, 0.2) is 0 Å². The van der Waals surface area contributed by atoms with E-state index in [1.165, 1.54) is 19.3 Å². The molecule has 0 bridgehead atoms. The fourth-order valence-corrected chi connectivity index (χ4v) is 4.92. The van der Waals surface area contributed by atoms with Crippen molar-refractivity contribution in [2.45, 2.75) is 72.4 Å². The molecule has 0 radical (unpaired) electrons. The number of rotatable bonds is 10. The van der Waals surface area contributed by atoms with Crippen LogP contribution in [0.5, 0.6) is 5.75 Å². The van der Waals surface area contributed by atoms with E-state index < -0.39 is 0 Å². The highest BCUT2D eigenvalue weighted by atomic mass is 16.5. The molecule has 0 aromatic heterocycles. The smallest absolute Gasteiger partial charge is 0.251 e. The molecule has 0 fully saturated rings. The minimum Gasteiger partial charge on any atom is -0.491 e. The predicted molar refractivity (Wildman–Crippen MR) is 157 cm³/mol. The molecule has 2 aromatic carbocycles. The molecule has 39 heavy (non-hydrogen) atoms. The second-order valence-electron chi connectivity index (χ2n) is 10.9. The topological polar surface area (TPSA) is 71.1 Å². The lowest BCUT2D eigenvalue weighted by atomic mass is 10.0. The van der Waals surface area contributed by atoms with E-state index in [1.807, 2.05) is 47.4 Å². The lowest BCUT2D eigenvalue weighted by Crippen LogP contribution is -2.33. The first-order valence-electron chi connectivity index (χ1n) is 14.5. The van der Waals surface area contributed by atoms with E-state index in [4.69, 9.17) is 9.47 Å². The number of fused-ring (bicyclic) bond motifs is 1. The van der Waals surface area contributed by atoms with Gasteiger partial charge in [0.1, 0.15) is 12.4 Å². The van der Waals surface area contributed by atoms with Gasteiger partial charge in [-0.15, -0.1) is 0 Å². The second-order valence-corrected chi connectivity index (χ2v) is 10.9. The maximum absolute atomic E-state index is 13.2. The molecule has 1 heterocycles. The molecule has 0 saturated heterocycles. The molecule has 7 nitrogen and oxygen atoms in total. The van der Waals surface area contributed by atoms with Crippen LogP contribution in [0.2, 0.25) is 0 Å². The number of carbonyl (C=O) groups is 2. The Balaban J connectivity index is 1.80. The first-order chi connectivity index (χ1) is 18.9. The van der Waals surface area contributed by atoms with Crippen molar-refractivity contribution in [2.75, 3.05) is 44.9 Å². The van der Waals surface area contributed by atoms with Gasteiger partial charge in [-0.3, -0.25) is 14.5 Å². The number of anilines is 1. The van der Waals surface area contributed by atoms with Crippen LogP contribution in [0.4, 0.5) is 5.69 Å². The lowest BCUT2D eigenvalue weighted by molar-refractivity contribution is -0.116. The number of carbonyl (C=O) groups excluding carboxylic acids is 2. The van der Waals surface area contributed by atoms with Gasteiger partial charge in [-0.05, 0) is 79.7 Å². The summed E-state index contributed by atoms with van der Waals surface area (Å²) < 4.78 is 10.7. The van der Waals surface area contributed by atoms with Crippen LogP contribution in [0, 0.1) is 5.92 Å². The third-order valence-electron chi connectivity index (χ3n) is 7.19. The second kappa shape index (κ2) is 16.3. The van der Waals surface area contributed by atoms with Crippen molar-refractivity contribution in [1.82, 2.24) is 10.2 Å². The van der Waals surface area contributed by atoms with Crippen LogP contribution in [-0.2, 0) is 22.6 Å². The van der Waals surface area contributed by atoms with Crippen molar-refractivity contribution >= 4 is 17.5 Å². The number of nitrogens with one attached hydrogen (secondary N) is 1. The molecule has 7 heteroatoms. The largest absolute Gasteiger partial charge is 0.491 e. The zero-order chi connectivity index (χ0) is 28.0. The zero-order valence-corrected chi connectivity index (χ0v) is 24.3. The summed E-state index contributed by atoms with van der Waals surface area (Å²) in [6.45, 7) is 11.0. The zero-order valence-electron chi connectivity index (χ0n) is 24.3. The summed E-state index contributed by atoms with van der Waals surface area (Å²) in [5.41, 5.74) is 3.54. The maximum atomic E-state index is 13.2. The Kier molecular flexibility index (Phi) is 12.8. The third kappa shape index (κ3) is 10.3.